The smallest absolute Gasteiger partial charge is 0.317 e. The Morgan fingerprint density at radius 1 is 1.30 bits per heavy atom. The number of para-hydroxylation sites is 1. The first-order valence-electron chi connectivity index (χ1n) is 7.86. The summed E-state index contributed by atoms with van der Waals surface area (Å²) in [5.74, 6) is -0.170. The van der Waals surface area contributed by atoms with Crippen molar-refractivity contribution in [1.82, 2.24) is 25.5 Å². The standard InChI is InChI=1S/C16H21N5O2/c1-11-6-5-7-12(2)14(11)21-15(18-19-20-21)16(8-3-4-9-16)17-10-13(22)23/h5-7,17H,3-4,8-10H2,1-2H3,(H,22,23). The number of nitrogens with one attached hydrogen (secondary N) is 1. The molecule has 0 unspecified atom stereocenters. The molecule has 3 rings (SSSR count). The van der Waals surface area contributed by atoms with E-state index >= 15 is 0 Å². The van der Waals surface area contributed by atoms with Crippen LogP contribution in [-0.2, 0) is 10.3 Å². The summed E-state index contributed by atoms with van der Waals surface area (Å²) in [6.07, 6.45) is 3.75. The minimum Gasteiger partial charge on any atom is -0.480 e. The third-order valence-electron chi connectivity index (χ3n) is 4.58. The van der Waals surface area contributed by atoms with Gasteiger partial charge in [-0.3, -0.25) is 10.1 Å². The van der Waals surface area contributed by atoms with Gasteiger partial charge in [0.2, 0.25) is 0 Å². The highest BCUT2D eigenvalue weighted by Gasteiger charge is 2.41. The lowest BCUT2D eigenvalue weighted by Gasteiger charge is -2.29. The Hall–Kier alpha value is -2.28. The highest BCUT2D eigenvalue weighted by molar-refractivity contribution is 5.69. The number of nitrogens with zero attached hydrogens (tertiary/aromatic N) is 4. The molecule has 0 amide bonds. The van der Waals surface area contributed by atoms with Crippen LogP contribution in [0.15, 0.2) is 18.2 Å². The predicted molar refractivity (Wildman–Crippen MR) is 84.4 cm³/mol. The number of aliphatic carboxylic acids is 1. The van der Waals surface area contributed by atoms with E-state index in [4.69, 9.17) is 5.11 Å². The fraction of sp³-hybridized carbons (Fsp3) is 0.500. The van der Waals surface area contributed by atoms with Crippen molar-refractivity contribution in [3.05, 3.63) is 35.2 Å². The van der Waals surface area contributed by atoms with Crippen LogP contribution >= 0.6 is 0 Å². The van der Waals surface area contributed by atoms with Gasteiger partial charge in [0.05, 0.1) is 17.8 Å². The number of hydrogen-bond acceptors (Lipinski definition) is 5. The molecular formula is C16H21N5O2. The van der Waals surface area contributed by atoms with E-state index < -0.39 is 11.5 Å². The topological polar surface area (TPSA) is 92.9 Å². The van der Waals surface area contributed by atoms with Gasteiger partial charge in [-0.15, -0.1) is 5.10 Å². The molecule has 1 aliphatic carbocycles. The Morgan fingerprint density at radius 2 is 1.96 bits per heavy atom. The highest BCUT2D eigenvalue weighted by atomic mass is 16.4. The van der Waals surface area contributed by atoms with Crippen molar-refractivity contribution in [2.75, 3.05) is 6.54 Å². The summed E-state index contributed by atoms with van der Waals surface area (Å²) in [6.45, 7) is 3.96. The van der Waals surface area contributed by atoms with Gasteiger partial charge in [-0.1, -0.05) is 31.0 Å². The lowest BCUT2D eigenvalue weighted by molar-refractivity contribution is -0.136. The summed E-state index contributed by atoms with van der Waals surface area (Å²) in [5, 5.41) is 24.5. The molecule has 0 bridgehead atoms. The molecule has 0 aliphatic heterocycles. The molecule has 2 N–H and O–H groups in total. The van der Waals surface area contributed by atoms with Crippen molar-refractivity contribution >= 4 is 5.97 Å². The van der Waals surface area contributed by atoms with Crippen LogP contribution in [0.25, 0.3) is 5.69 Å². The molecule has 122 valence electrons. The van der Waals surface area contributed by atoms with Crippen LogP contribution < -0.4 is 5.32 Å². The summed E-state index contributed by atoms with van der Waals surface area (Å²) in [4.78, 5) is 11.0. The third kappa shape index (κ3) is 2.84. The van der Waals surface area contributed by atoms with Gasteiger partial charge in [-0.05, 0) is 48.2 Å². The molecule has 2 aromatic rings. The summed E-state index contributed by atoms with van der Waals surface area (Å²) >= 11 is 0. The van der Waals surface area contributed by atoms with E-state index in [0.29, 0.717) is 5.82 Å². The molecule has 7 heteroatoms. The van der Waals surface area contributed by atoms with E-state index in [1.54, 1.807) is 4.68 Å². The molecule has 1 aromatic carbocycles. The summed E-state index contributed by atoms with van der Waals surface area (Å²) in [5.41, 5.74) is 2.67. The average Bonchev–Trinajstić information content (AvgIpc) is 3.14. The van der Waals surface area contributed by atoms with Crippen LogP contribution in [0.5, 0.6) is 0 Å². The molecule has 0 atom stereocenters. The predicted octanol–water partition coefficient (Wildman–Crippen LogP) is 1.72. The van der Waals surface area contributed by atoms with E-state index in [1.807, 2.05) is 32.0 Å². The van der Waals surface area contributed by atoms with Gasteiger partial charge in [0, 0.05) is 0 Å². The molecule has 1 heterocycles. The Morgan fingerprint density at radius 3 is 2.57 bits per heavy atom. The second-order valence-corrected chi connectivity index (χ2v) is 6.19. The summed E-state index contributed by atoms with van der Waals surface area (Å²) < 4.78 is 1.77. The maximum absolute atomic E-state index is 11.0. The first-order chi connectivity index (χ1) is 11.0. The van der Waals surface area contributed by atoms with Gasteiger partial charge in [0.1, 0.15) is 0 Å². The van der Waals surface area contributed by atoms with Crippen molar-refractivity contribution in [1.29, 1.82) is 0 Å². The largest absolute Gasteiger partial charge is 0.480 e. The number of hydrogen-bond donors (Lipinski definition) is 2. The summed E-state index contributed by atoms with van der Waals surface area (Å²) in [7, 11) is 0. The van der Waals surface area contributed by atoms with Crippen molar-refractivity contribution < 1.29 is 9.90 Å². The highest BCUT2D eigenvalue weighted by Crippen LogP contribution is 2.38. The number of carbonyl (C=O) groups is 1. The molecule has 1 aliphatic rings. The van der Waals surface area contributed by atoms with Gasteiger partial charge >= 0.3 is 5.97 Å². The first kappa shape index (κ1) is 15.6. The number of aromatic nitrogens is 4. The number of carboxylic acid groups (broad SMARTS) is 1. The van der Waals surface area contributed by atoms with Crippen LogP contribution in [0.1, 0.15) is 42.6 Å². The van der Waals surface area contributed by atoms with E-state index in [2.05, 4.69) is 20.8 Å². The van der Waals surface area contributed by atoms with Crippen LogP contribution in [0.4, 0.5) is 0 Å². The number of carboxylic acids is 1. The van der Waals surface area contributed by atoms with Gasteiger partial charge in [-0.2, -0.15) is 4.68 Å². The van der Waals surface area contributed by atoms with E-state index in [1.165, 1.54) is 0 Å². The number of tetrazole rings is 1. The van der Waals surface area contributed by atoms with Gasteiger partial charge in [-0.25, -0.2) is 0 Å². The number of rotatable bonds is 5. The minimum atomic E-state index is -0.873. The van der Waals surface area contributed by atoms with Crippen molar-refractivity contribution in [2.24, 2.45) is 0 Å². The molecule has 1 aromatic heterocycles. The van der Waals surface area contributed by atoms with Gasteiger partial charge in [0.25, 0.3) is 0 Å². The lowest BCUT2D eigenvalue weighted by Crippen LogP contribution is -2.44. The second kappa shape index (κ2) is 6.08. The van der Waals surface area contributed by atoms with Crippen molar-refractivity contribution in [2.45, 2.75) is 45.1 Å². The van der Waals surface area contributed by atoms with Crippen molar-refractivity contribution in [3.8, 4) is 5.69 Å². The fourth-order valence-corrected chi connectivity index (χ4v) is 3.48. The van der Waals surface area contributed by atoms with Crippen LogP contribution in [0.3, 0.4) is 0 Å². The Kier molecular flexibility index (Phi) is 4.12. The lowest BCUT2D eigenvalue weighted by atomic mass is 9.95. The Balaban J connectivity index is 2.07. The van der Waals surface area contributed by atoms with Crippen molar-refractivity contribution in [3.63, 3.8) is 0 Å². The Bertz CT molecular complexity index is 699. The zero-order chi connectivity index (χ0) is 16.4. The minimum absolute atomic E-state index is 0.0976. The fourth-order valence-electron chi connectivity index (χ4n) is 3.48. The maximum Gasteiger partial charge on any atom is 0.317 e. The number of aryl methyl sites for hydroxylation is 2. The number of benzene rings is 1. The molecular weight excluding hydrogens is 294 g/mol. The van der Waals surface area contributed by atoms with Crippen LogP contribution in [-0.4, -0.2) is 37.8 Å². The molecule has 1 saturated carbocycles. The second-order valence-electron chi connectivity index (χ2n) is 6.19. The van der Waals surface area contributed by atoms with Crippen LogP contribution in [0, 0.1) is 13.8 Å². The zero-order valence-electron chi connectivity index (χ0n) is 13.4. The quantitative estimate of drug-likeness (QED) is 0.873. The third-order valence-corrected chi connectivity index (χ3v) is 4.58. The SMILES string of the molecule is Cc1cccc(C)c1-n1nnnc1C1(NCC(=O)O)CCCC1. The summed E-state index contributed by atoms with van der Waals surface area (Å²) in [6, 6.07) is 6.06. The van der Waals surface area contributed by atoms with E-state index in [9.17, 15) is 4.79 Å². The van der Waals surface area contributed by atoms with E-state index in [0.717, 1.165) is 42.5 Å². The Labute approximate surface area is 134 Å². The monoisotopic (exact) mass is 315 g/mol. The normalized spacial score (nSPS) is 16.6. The average molecular weight is 315 g/mol. The first-order valence-corrected chi connectivity index (χ1v) is 7.86. The maximum atomic E-state index is 11.0. The molecule has 0 spiro atoms. The van der Waals surface area contributed by atoms with E-state index in [-0.39, 0.29) is 6.54 Å². The van der Waals surface area contributed by atoms with Gasteiger partial charge < -0.3 is 5.11 Å². The molecule has 7 nitrogen and oxygen atoms in total. The van der Waals surface area contributed by atoms with Gasteiger partial charge in [0.15, 0.2) is 5.82 Å². The molecule has 23 heavy (non-hydrogen) atoms. The zero-order valence-corrected chi connectivity index (χ0v) is 13.4. The van der Waals surface area contributed by atoms with Crippen LogP contribution in [0.2, 0.25) is 0 Å². The molecule has 0 radical (unpaired) electrons. The molecule has 1 fully saturated rings. The molecule has 0 saturated heterocycles.